The number of rotatable bonds is 2. The van der Waals surface area contributed by atoms with Crippen molar-refractivity contribution < 1.29 is 14.9 Å². The highest BCUT2D eigenvalue weighted by Crippen LogP contribution is 2.47. The Morgan fingerprint density at radius 1 is 1.08 bits per heavy atom. The minimum Gasteiger partial charge on any atom is -0.385 e. The van der Waals surface area contributed by atoms with Crippen molar-refractivity contribution in [3.05, 3.63) is 66.0 Å². The lowest BCUT2D eigenvalue weighted by molar-refractivity contribution is -0.378. The van der Waals surface area contributed by atoms with Crippen LogP contribution in [0.4, 0.5) is 0 Å². The van der Waals surface area contributed by atoms with E-state index < -0.39 is 5.60 Å². The number of hydrogen-bond donors (Lipinski definition) is 1. The van der Waals surface area contributed by atoms with Crippen molar-refractivity contribution in [3.8, 4) is 0 Å². The number of piperidine rings is 1. The van der Waals surface area contributed by atoms with Crippen molar-refractivity contribution >= 4 is 5.91 Å². The average Bonchev–Trinajstić information content (AvgIpc) is 2.69. The predicted molar refractivity (Wildman–Crippen MR) is 94.7 cm³/mol. The third kappa shape index (κ3) is 2.85. The summed E-state index contributed by atoms with van der Waals surface area (Å²) >= 11 is 0. The molecule has 4 rings (SSSR count). The van der Waals surface area contributed by atoms with Crippen LogP contribution < -0.4 is 4.98 Å². The van der Waals surface area contributed by atoms with E-state index in [1.807, 2.05) is 47.4 Å². The van der Waals surface area contributed by atoms with Gasteiger partial charge in [0.25, 0.3) is 5.91 Å². The van der Waals surface area contributed by atoms with Crippen LogP contribution >= 0.6 is 0 Å². The van der Waals surface area contributed by atoms with Gasteiger partial charge in [0.15, 0.2) is 12.4 Å². The standard InChI is InChI=1S/C21H24N2O2/c24-20(16-10-13-22-14-11-16)23-15-12-21(25,17-6-2-1-3-7-17)18-8-4-5-9-19(18)23/h1-3,6-7,10-11,13-14,18-19,25H,4-5,8-9,12,15H2/p+1/t18-,19+,21-/m0/s1. The van der Waals surface area contributed by atoms with Crippen molar-refractivity contribution in [1.29, 1.82) is 0 Å². The molecule has 1 saturated carbocycles. The lowest BCUT2D eigenvalue weighted by Crippen LogP contribution is -2.59. The van der Waals surface area contributed by atoms with Crippen LogP contribution in [0.25, 0.3) is 0 Å². The van der Waals surface area contributed by atoms with Crippen molar-refractivity contribution in [2.75, 3.05) is 6.54 Å². The first kappa shape index (κ1) is 16.3. The van der Waals surface area contributed by atoms with Gasteiger partial charge in [-0.3, -0.25) is 4.79 Å². The molecule has 0 radical (unpaired) electrons. The zero-order valence-corrected chi connectivity index (χ0v) is 14.4. The zero-order chi connectivity index (χ0) is 17.3. The molecule has 25 heavy (non-hydrogen) atoms. The van der Waals surface area contributed by atoms with E-state index in [-0.39, 0.29) is 17.9 Å². The number of pyridine rings is 1. The summed E-state index contributed by atoms with van der Waals surface area (Å²) in [7, 11) is 0. The Kier molecular flexibility index (Phi) is 4.30. The van der Waals surface area contributed by atoms with Crippen LogP contribution in [0.2, 0.25) is 0 Å². The maximum absolute atomic E-state index is 13.0. The molecule has 1 aliphatic heterocycles. The molecule has 1 saturated heterocycles. The molecule has 4 nitrogen and oxygen atoms in total. The van der Waals surface area contributed by atoms with Gasteiger partial charge in [0.05, 0.1) is 11.2 Å². The fourth-order valence-electron chi connectivity index (χ4n) is 4.72. The number of carbonyl (C=O) groups is 1. The van der Waals surface area contributed by atoms with Crippen LogP contribution in [-0.4, -0.2) is 28.5 Å². The molecule has 2 N–H and O–H groups in total. The van der Waals surface area contributed by atoms with Crippen LogP contribution in [0.3, 0.4) is 0 Å². The number of fused-ring (bicyclic) bond motifs is 1. The summed E-state index contributed by atoms with van der Waals surface area (Å²) in [5.74, 6) is 0.192. The van der Waals surface area contributed by atoms with Crippen LogP contribution in [0, 0.1) is 5.92 Å². The molecule has 1 aliphatic carbocycles. The molecule has 0 spiro atoms. The number of carbonyl (C=O) groups excluding carboxylic acids is 1. The van der Waals surface area contributed by atoms with E-state index in [1.54, 1.807) is 12.4 Å². The van der Waals surface area contributed by atoms with Gasteiger partial charge in [-0.25, -0.2) is 4.98 Å². The largest absolute Gasteiger partial charge is 0.385 e. The molecule has 2 aromatic rings. The summed E-state index contributed by atoms with van der Waals surface area (Å²) in [6.45, 7) is 0.601. The lowest BCUT2D eigenvalue weighted by atomic mass is 9.66. The number of nitrogens with zero attached hydrogens (tertiary/aromatic N) is 1. The Morgan fingerprint density at radius 2 is 1.80 bits per heavy atom. The number of aliphatic hydroxyl groups is 1. The summed E-state index contributed by atoms with van der Waals surface area (Å²) in [5.41, 5.74) is 0.884. The summed E-state index contributed by atoms with van der Waals surface area (Å²) < 4.78 is 0. The van der Waals surface area contributed by atoms with Crippen LogP contribution in [0.5, 0.6) is 0 Å². The zero-order valence-electron chi connectivity index (χ0n) is 14.4. The first-order chi connectivity index (χ1) is 12.2. The van der Waals surface area contributed by atoms with Gasteiger partial charge in [-0.05, 0) is 24.8 Å². The van der Waals surface area contributed by atoms with Crippen molar-refractivity contribution in [3.63, 3.8) is 0 Å². The van der Waals surface area contributed by atoms with Crippen LogP contribution in [0.15, 0.2) is 54.9 Å². The van der Waals surface area contributed by atoms with E-state index in [0.29, 0.717) is 18.5 Å². The SMILES string of the molecule is O=C(c1cc[nH+]cc1)N1CC[C@](O)(c2ccccc2)[C@H]2CCCC[C@H]21. The third-order valence-corrected chi connectivity index (χ3v) is 5.98. The minimum atomic E-state index is -0.826. The summed E-state index contributed by atoms with van der Waals surface area (Å²) in [4.78, 5) is 18.0. The highest BCUT2D eigenvalue weighted by molar-refractivity contribution is 5.94. The van der Waals surface area contributed by atoms with Gasteiger partial charge in [0.2, 0.25) is 0 Å². The lowest BCUT2D eigenvalue weighted by Gasteiger charge is -2.52. The topological polar surface area (TPSA) is 54.7 Å². The Balaban J connectivity index is 1.66. The van der Waals surface area contributed by atoms with Gasteiger partial charge in [-0.1, -0.05) is 43.2 Å². The number of H-pyrrole nitrogens is 1. The Morgan fingerprint density at radius 3 is 2.56 bits per heavy atom. The Labute approximate surface area is 148 Å². The Hall–Kier alpha value is -2.20. The first-order valence-corrected chi connectivity index (χ1v) is 9.25. The summed E-state index contributed by atoms with van der Waals surface area (Å²) in [5, 5.41) is 11.6. The van der Waals surface area contributed by atoms with E-state index in [9.17, 15) is 9.90 Å². The second-order valence-corrected chi connectivity index (χ2v) is 7.29. The number of hydrogen-bond acceptors (Lipinski definition) is 2. The summed E-state index contributed by atoms with van der Waals surface area (Å²) in [6, 6.07) is 13.8. The molecule has 2 heterocycles. The Bertz CT molecular complexity index is 734. The first-order valence-electron chi connectivity index (χ1n) is 9.25. The van der Waals surface area contributed by atoms with Gasteiger partial charge in [-0.15, -0.1) is 0 Å². The third-order valence-electron chi connectivity index (χ3n) is 5.98. The van der Waals surface area contributed by atoms with Gasteiger partial charge in [0, 0.05) is 30.6 Å². The smallest absolute Gasteiger partial charge is 0.254 e. The molecule has 130 valence electrons. The normalized spacial score (nSPS) is 29.1. The van der Waals surface area contributed by atoms with E-state index in [4.69, 9.17) is 0 Å². The van der Waals surface area contributed by atoms with E-state index in [2.05, 4.69) is 4.98 Å². The maximum atomic E-state index is 13.0. The molecule has 0 unspecified atom stereocenters. The molecular formula is C21H25N2O2+. The van der Waals surface area contributed by atoms with E-state index in [1.165, 1.54) is 0 Å². The highest BCUT2D eigenvalue weighted by Gasteiger charge is 2.50. The monoisotopic (exact) mass is 337 g/mol. The van der Waals surface area contributed by atoms with Crippen molar-refractivity contribution in [2.45, 2.75) is 43.7 Å². The molecule has 1 amide bonds. The minimum absolute atomic E-state index is 0.0843. The highest BCUT2D eigenvalue weighted by atomic mass is 16.3. The summed E-state index contributed by atoms with van der Waals surface area (Å²) in [6.07, 6.45) is 8.37. The fraction of sp³-hybridized carbons (Fsp3) is 0.429. The van der Waals surface area contributed by atoms with E-state index >= 15 is 0 Å². The number of aromatic nitrogens is 1. The molecule has 2 aliphatic rings. The van der Waals surface area contributed by atoms with Crippen molar-refractivity contribution in [2.24, 2.45) is 5.92 Å². The van der Waals surface area contributed by atoms with Crippen molar-refractivity contribution in [1.82, 2.24) is 4.90 Å². The second-order valence-electron chi connectivity index (χ2n) is 7.29. The van der Waals surface area contributed by atoms with Crippen LogP contribution in [-0.2, 0) is 5.60 Å². The molecule has 1 aromatic carbocycles. The molecule has 0 bridgehead atoms. The second kappa shape index (κ2) is 6.60. The van der Waals surface area contributed by atoms with Crippen LogP contribution in [0.1, 0.15) is 48.0 Å². The number of likely N-dealkylation sites (tertiary alicyclic amines) is 1. The van der Waals surface area contributed by atoms with E-state index in [0.717, 1.165) is 31.2 Å². The average molecular weight is 337 g/mol. The van der Waals surface area contributed by atoms with Gasteiger partial charge in [-0.2, -0.15) is 0 Å². The van der Waals surface area contributed by atoms with Gasteiger partial charge < -0.3 is 10.0 Å². The quantitative estimate of drug-likeness (QED) is 0.916. The van der Waals surface area contributed by atoms with Gasteiger partial charge >= 0.3 is 0 Å². The number of benzene rings is 1. The van der Waals surface area contributed by atoms with Gasteiger partial charge in [0.1, 0.15) is 0 Å². The molecule has 2 fully saturated rings. The maximum Gasteiger partial charge on any atom is 0.254 e. The number of amides is 1. The number of aromatic amines is 1. The molecule has 4 heteroatoms. The fourth-order valence-corrected chi connectivity index (χ4v) is 4.72. The predicted octanol–water partition coefficient (Wildman–Crippen LogP) is 2.79. The molecule has 1 aromatic heterocycles. The molecule has 3 atom stereocenters. The number of nitrogens with one attached hydrogen (secondary N) is 1. The molecular weight excluding hydrogens is 312 g/mol.